The van der Waals surface area contributed by atoms with E-state index in [1.54, 1.807) is 23.5 Å². The fourth-order valence-corrected chi connectivity index (χ4v) is 2.72. The average Bonchev–Trinajstić information content (AvgIpc) is 2.35. The van der Waals surface area contributed by atoms with Gasteiger partial charge in [-0.25, -0.2) is 4.98 Å². The molecule has 4 heteroatoms. The lowest BCUT2D eigenvalue weighted by atomic mass is 10.2. The Balaban J connectivity index is 2.41. The smallest absolute Gasteiger partial charge is 0.180 e. The van der Waals surface area contributed by atoms with E-state index in [4.69, 9.17) is 0 Å². The third kappa shape index (κ3) is 1.72. The van der Waals surface area contributed by atoms with Gasteiger partial charge in [-0.3, -0.25) is 9.79 Å². The summed E-state index contributed by atoms with van der Waals surface area (Å²) in [5, 5.41) is 0. The Bertz CT molecular complexity index is 748. The number of nitrogens with zero attached hydrogens (tertiary/aromatic N) is 2. The monoisotopic (exact) mass is 240 g/mol. The fourth-order valence-electron chi connectivity index (χ4n) is 1.69. The summed E-state index contributed by atoms with van der Waals surface area (Å²) in [6.07, 6.45) is 0. The molecule has 0 atom stereocenters. The van der Waals surface area contributed by atoms with Gasteiger partial charge in [-0.2, -0.15) is 0 Å². The molecule has 0 bridgehead atoms. The van der Waals surface area contributed by atoms with Gasteiger partial charge < -0.3 is 0 Å². The number of fused-ring (bicyclic) bond motifs is 2. The van der Waals surface area contributed by atoms with E-state index in [1.807, 2.05) is 18.2 Å². The molecule has 82 valence electrons. The minimum atomic E-state index is 0.00732. The molecule has 3 rings (SSSR count). The molecule has 0 N–H and O–H groups in total. The zero-order chi connectivity index (χ0) is 11.8. The van der Waals surface area contributed by atoms with E-state index in [0.29, 0.717) is 0 Å². The molecule has 1 aliphatic heterocycles. The van der Waals surface area contributed by atoms with Gasteiger partial charge >= 0.3 is 0 Å². The normalized spacial score (nSPS) is 10.8. The van der Waals surface area contributed by atoms with Crippen LogP contribution in [0.1, 0.15) is 0 Å². The zero-order valence-electron chi connectivity index (χ0n) is 8.88. The Morgan fingerprint density at radius 1 is 1.18 bits per heavy atom. The topological polar surface area (TPSA) is 42.3 Å². The fraction of sp³-hybridized carbons (Fsp3) is 0. The Morgan fingerprint density at radius 3 is 2.88 bits per heavy atom. The van der Waals surface area contributed by atoms with Gasteiger partial charge in [0.05, 0.1) is 26.5 Å². The molecular weight excluding hydrogens is 232 g/mol. The van der Waals surface area contributed by atoms with E-state index in [2.05, 4.69) is 16.7 Å². The maximum absolute atomic E-state index is 11.3. The first-order valence-electron chi connectivity index (χ1n) is 5.08. The quantitative estimate of drug-likeness (QED) is 0.484. The first kappa shape index (κ1) is 10.1. The minimum Gasteiger partial charge on any atom is -0.290 e. The van der Waals surface area contributed by atoms with Gasteiger partial charge in [0.2, 0.25) is 0 Å². The highest BCUT2D eigenvalue weighted by Gasteiger charge is 2.07. The van der Waals surface area contributed by atoms with Crippen molar-refractivity contribution in [2.45, 2.75) is 0 Å². The largest absolute Gasteiger partial charge is 0.290 e. The van der Waals surface area contributed by atoms with E-state index in [0.717, 1.165) is 26.5 Å². The van der Waals surface area contributed by atoms with Crippen LogP contribution in [0, 0.1) is 0 Å². The first-order chi connectivity index (χ1) is 8.26. The van der Waals surface area contributed by atoms with Crippen LogP contribution in [0.4, 0.5) is 5.69 Å². The van der Waals surface area contributed by atoms with Crippen molar-refractivity contribution in [1.29, 1.82) is 0 Å². The maximum Gasteiger partial charge on any atom is 0.180 e. The molecule has 1 aromatic carbocycles. The van der Waals surface area contributed by atoms with Crippen LogP contribution in [0.2, 0.25) is 0 Å². The highest BCUT2D eigenvalue weighted by Crippen LogP contribution is 2.31. The van der Waals surface area contributed by atoms with Crippen molar-refractivity contribution in [3.63, 3.8) is 0 Å². The van der Waals surface area contributed by atoms with Crippen molar-refractivity contribution in [3.05, 3.63) is 46.6 Å². The SMILES string of the molecule is C=Nc1ccc2nc3ccc(=O)cc-3sc2c1. The number of benzene rings is 2. The van der Waals surface area contributed by atoms with Gasteiger partial charge in [-0.1, -0.05) is 0 Å². The standard InChI is InChI=1S/C13H8N2OS/c1-14-8-2-4-10-12(6-8)17-13-7-9(16)3-5-11(13)15-10/h2-7H,1H2. The van der Waals surface area contributed by atoms with Gasteiger partial charge in [-0.05, 0) is 37.0 Å². The van der Waals surface area contributed by atoms with Crippen LogP contribution in [0.25, 0.3) is 20.8 Å². The summed E-state index contributed by atoms with van der Waals surface area (Å²) in [5.74, 6) is 0. The van der Waals surface area contributed by atoms with Crippen molar-refractivity contribution >= 4 is 34.0 Å². The van der Waals surface area contributed by atoms with Crippen molar-refractivity contribution in [3.8, 4) is 10.6 Å². The maximum atomic E-state index is 11.3. The summed E-state index contributed by atoms with van der Waals surface area (Å²) in [7, 11) is 0. The van der Waals surface area contributed by atoms with Gasteiger partial charge in [0, 0.05) is 6.07 Å². The second-order valence-corrected chi connectivity index (χ2v) is 4.74. The molecular formula is C13H8N2OS. The molecule has 0 spiro atoms. The molecule has 0 saturated carbocycles. The summed E-state index contributed by atoms with van der Waals surface area (Å²) >= 11 is 1.54. The molecule has 1 aliphatic carbocycles. The molecule has 0 unspecified atom stereocenters. The van der Waals surface area contributed by atoms with Crippen LogP contribution < -0.4 is 5.43 Å². The van der Waals surface area contributed by atoms with Crippen LogP contribution in [-0.2, 0) is 0 Å². The van der Waals surface area contributed by atoms with Gasteiger partial charge in [0.1, 0.15) is 0 Å². The summed E-state index contributed by atoms with van der Waals surface area (Å²) in [6, 6.07) is 10.6. The number of hydrogen-bond acceptors (Lipinski definition) is 4. The van der Waals surface area contributed by atoms with Crippen LogP contribution in [0.3, 0.4) is 0 Å². The van der Waals surface area contributed by atoms with E-state index in [-0.39, 0.29) is 5.43 Å². The van der Waals surface area contributed by atoms with Gasteiger partial charge in [-0.15, -0.1) is 11.3 Å². The molecule has 2 aliphatic rings. The molecule has 0 radical (unpaired) electrons. The highest BCUT2D eigenvalue weighted by atomic mass is 32.1. The van der Waals surface area contributed by atoms with Crippen LogP contribution in [0.5, 0.6) is 0 Å². The average molecular weight is 240 g/mol. The molecule has 17 heavy (non-hydrogen) atoms. The van der Waals surface area contributed by atoms with E-state index >= 15 is 0 Å². The van der Waals surface area contributed by atoms with Crippen molar-refractivity contribution in [2.75, 3.05) is 0 Å². The zero-order valence-corrected chi connectivity index (χ0v) is 9.70. The number of hydrogen-bond donors (Lipinski definition) is 0. The second-order valence-electron chi connectivity index (χ2n) is 3.65. The lowest BCUT2D eigenvalue weighted by Gasteiger charge is -2.05. The second kappa shape index (κ2) is 3.75. The molecule has 0 fully saturated rings. The number of aromatic nitrogens is 1. The molecule has 0 aromatic heterocycles. The molecule has 3 nitrogen and oxygen atoms in total. The predicted molar refractivity (Wildman–Crippen MR) is 71.7 cm³/mol. The lowest BCUT2D eigenvalue weighted by Crippen LogP contribution is -1.97. The predicted octanol–water partition coefficient (Wildman–Crippen LogP) is 3.09. The summed E-state index contributed by atoms with van der Waals surface area (Å²) in [6.45, 7) is 3.50. The Morgan fingerprint density at radius 2 is 2.06 bits per heavy atom. The number of rotatable bonds is 1. The van der Waals surface area contributed by atoms with Gasteiger partial charge in [0.25, 0.3) is 0 Å². The summed E-state index contributed by atoms with van der Waals surface area (Å²) in [4.78, 5) is 20.6. The van der Waals surface area contributed by atoms with Crippen molar-refractivity contribution in [2.24, 2.45) is 4.99 Å². The van der Waals surface area contributed by atoms with Crippen molar-refractivity contribution < 1.29 is 0 Å². The third-order valence-corrected chi connectivity index (χ3v) is 3.61. The Labute approximate surface area is 101 Å². The van der Waals surface area contributed by atoms with Crippen LogP contribution in [0.15, 0.2) is 46.2 Å². The highest BCUT2D eigenvalue weighted by molar-refractivity contribution is 7.21. The molecule has 1 aromatic rings. The summed E-state index contributed by atoms with van der Waals surface area (Å²) in [5.41, 5.74) is 2.58. The minimum absolute atomic E-state index is 0.00732. The van der Waals surface area contributed by atoms with E-state index < -0.39 is 0 Å². The van der Waals surface area contributed by atoms with E-state index in [9.17, 15) is 4.79 Å². The Hall–Kier alpha value is -2.07. The van der Waals surface area contributed by atoms with Gasteiger partial charge in [0.15, 0.2) is 5.43 Å². The molecule has 1 heterocycles. The van der Waals surface area contributed by atoms with Crippen molar-refractivity contribution in [1.82, 2.24) is 4.98 Å². The summed E-state index contributed by atoms with van der Waals surface area (Å²) < 4.78 is 1.01. The van der Waals surface area contributed by atoms with E-state index in [1.165, 1.54) is 6.07 Å². The number of aliphatic imine (C=N–C) groups is 1. The van der Waals surface area contributed by atoms with Crippen LogP contribution >= 0.6 is 11.3 Å². The lowest BCUT2D eigenvalue weighted by molar-refractivity contribution is 1.40. The molecule has 0 amide bonds. The van der Waals surface area contributed by atoms with Crippen LogP contribution in [-0.4, -0.2) is 11.7 Å². The first-order valence-corrected chi connectivity index (χ1v) is 5.89. The Kier molecular flexibility index (Phi) is 2.23. The molecule has 0 saturated heterocycles. The third-order valence-electron chi connectivity index (χ3n) is 2.52.